The maximum Gasteiger partial charge on any atom is 0.350 e. The normalized spacial score (nSPS) is 14.7. The van der Waals surface area contributed by atoms with Gasteiger partial charge in [-0.3, -0.25) is 14.5 Å². The SMILES string of the molecule is CCC(Oc1ccc(OC(F)(I)I)cc1)C(=O)N1CC(=O)Nc2c(C)ccnc21. The lowest BCUT2D eigenvalue weighted by molar-refractivity contribution is -0.127. The number of alkyl halides is 3. The number of amides is 2. The molecular formula is C19H18FI2N3O4. The van der Waals surface area contributed by atoms with Crippen molar-refractivity contribution < 1.29 is 23.5 Å². The lowest BCUT2D eigenvalue weighted by Gasteiger charge is -2.31. The molecule has 2 amide bonds. The number of hydrogen-bond donors (Lipinski definition) is 1. The fourth-order valence-electron chi connectivity index (χ4n) is 2.85. The van der Waals surface area contributed by atoms with E-state index in [1.807, 2.05) is 13.8 Å². The molecule has 0 bridgehead atoms. The molecule has 0 saturated heterocycles. The van der Waals surface area contributed by atoms with E-state index in [9.17, 15) is 14.0 Å². The van der Waals surface area contributed by atoms with E-state index in [-0.39, 0.29) is 18.4 Å². The summed E-state index contributed by atoms with van der Waals surface area (Å²) in [5, 5.41) is 2.76. The fraction of sp³-hybridized carbons (Fsp3) is 0.316. The minimum atomic E-state index is -1.85. The first-order chi connectivity index (χ1) is 13.7. The first-order valence-corrected chi connectivity index (χ1v) is 10.9. The maximum absolute atomic E-state index is 13.6. The molecule has 1 aromatic heterocycles. The van der Waals surface area contributed by atoms with E-state index in [1.54, 1.807) is 36.5 Å². The summed E-state index contributed by atoms with van der Waals surface area (Å²) in [6.07, 6.45) is 1.18. The molecule has 154 valence electrons. The van der Waals surface area contributed by atoms with E-state index in [4.69, 9.17) is 9.47 Å². The molecule has 1 aliphatic rings. The summed E-state index contributed by atoms with van der Waals surface area (Å²) in [5.41, 5.74) is 1.35. The number of halogens is 3. The van der Waals surface area contributed by atoms with Crippen LogP contribution in [0.25, 0.3) is 0 Å². The third-order valence-electron chi connectivity index (χ3n) is 4.21. The van der Waals surface area contributed by atoms with Crippen LogP contribution in [0.15, 0.2) is 36.5 Å². The van der Waals surface area contributed by atoms with Crippen LogP contribution in [0.2, 0.25) is 0 Å². The summed E-state index contributed by atoms with van der Waals surface area (Å²) < 4.78 is 22.7. The van der Waals surface area contributed by atoms with Gasteiger partial charge >= 0.3 is 1.87 Å². The minimum Gasteiger partial charge on any atom is -0.481 e. The largest absolute Gasteiger partial charge is 0.481 e. The summed E-state index contributed by atoms with van der Waals surface area (Å²) in [5.74, 6) is 0.533. The average molecular weight is 625 g/mol. The molecule has 1 aromatic carbocycles. The van der Waals surface area contributed by atoms with Crippen molar-refractivity contribution >= 4 is 68.5 Å². The van der Waals surface area contributed by atoms with Gasteiger partial charge in [0.15, 0.2) is 11.9 Å². The second-order valence-corrected chi connectivity index (χ2v) is 11.2. The lowest BCUT2D eigenvalue weighted by Crippen LogP contribution is -2.48. The van der Waals surface area contributed by atoms with E-state index in [1.165, 1.54) is 50.1 Å². The standard InChI is InChI=1S/C19H18FI2N3O4/c1-3-14(28-12-4-6-13(7-5-12)29-19(20,21)22)18(27)25-10-15(26)24-16-11(2)8-9-23-17(16)25/h4-9,14H,3,10H2,1-2H3,(H,24,26). The second-order valence-electron chi connectivity index (χ2n) is 6.33. The van der Waals surface area contributed by atoms with Crippen LogP contribution in [-0.4, -0.2) is 31.3 Å². The summed E-state index contributed by atoms with van der Waals surface area (Å²) >= 11 is 3.06. The number of carbonyl (C=O) groups excluding carboxylic acids is 2. The van der Waals surface area contributed by atoms with E-state index in [0.717, 1.165) is 5.56 Å². The smallest absolute Gasteiger partial charge is 0.350 e. The van der Waals surface area contributed by atoms with E-state index in [2.05, 4.69) is 10.3 Å². The number of hydrogen-bond acceptors (Lipinski definition) is 5. The van der Waals surface area contributed by atoms with Crippen molar-refractivity contribution in [1.29, 1.82) is 0 Å². The highest BCUT2D eigenvalue weighted by molar-refractivity contribution is 14.2. The van der Waals surface area contributed by atoms with Crippen LogP contribution < -0.4 is 19.7 Å². The van der Waals surface area contributed by atoms with Crippen LogP contribution in [0.5, 0.6) is 11.5 Å². The van der Waals surface area contributed by atoms with Crippen molar-refractivity contribution in [3.63, 3.8) is 0 Å². The Hall–Kier alpha value is -1.70. The maximum atomic E-state index is 13.6. The van der Waals surface area contributed by atoms with Crippen molar-refractivity contribution in [3.8, 4) is 11.5 Å². The molecule has 0 aliphatic carbocycles. The highest BCUT2D eigenvalue weighted by atomic mass is 127. The predicted octanol–water partition coefficient (Wildman–Crippen LogP) is 4.36. The number of nitrogens with one attached hydrogen (secondary N) is 1. The van der Waals surface area contributed by atoms with E-state index in [0.29, 0.717) is 29.4 Å². The monoisotopic (exact) mass is 625 g/mol. The number of benzene rings is 1. The molecule has 0 spiro atoms. The predicted molar refractivity (Wildman–Crippen MR) is 124 cm³/mol. The Bertz CT molecular complexity index is 919. The fourth-order valence-corrected chi connectivity index (χ4v) is 3.36. The highest BCUT2D eigenvalue weighted by Crippen LogP contribution is 2.34. The molecule has 1 aliphatic heterocycles. The minimum absolute atomic E-state index is 0.126. The molecule has 1 atom stereocenters. The number of nitrogens with zero attached hydrogens (tertiary/aromatic N) is 2. The van der Waals surface area contributed by atoms with Crippen LogP contribution >= 0.6 is 45.2 Å². The van der Waals surface area contributed by atoms with Crippen molar-refractivity contribution in [2.45, 2.75) is 28.2 Å². The van der Waals surface area contributed by atoms with Crippen LogP contribution in [0, 0.1) is 6.92 Å². The Labute approximate surface area is 194 Å². The third-order valence-corrected chi connectivity index (χ3v) is 4.65. The first kappa shape index (κ1) is 22.0. The third kappa shape index (κ3) is 5.47. The van der Waals surface area contributed by atoms with Gasteiger partial charge in [-0.15, -0.1) is 0 Å². The average Bonchev–Trinajstić information content (AvgIpc) is 2.66. The van der Waals surface area contributed by atoms with Gasteiger partial charge in [0.1, 0.15) is 18.0 Å². The quantitative estimate of drug-likeness (QED) is 0.382. The molecule has 3 rings (SSSR count). The Morgan fingerprint density at radius 3 is 2.59 bits per heavy atom. The lowest BCUT2D eigenvalue weighted by atomic mass is 10.1. The van der Waals surface area contributed by atoms with Gasteiger partial charge in [0, 0.05) is 51.4 Å². The molecule has 0 radical (unpaired) electrons. The summed E-state index contributed by atoms with van der Waals surface area (Å²) in [4.78, 5) is 30.8. The molecule has 1 N–H and O–H groups in total. The van der Waals surface area contributed by atoms with Gasteiger partial charge in [-0.05, 0) is 49.2 Å². The Balaban J connectivity index is 1.78. The van der Waals surface area contributed by atoms with E-state index < -0.39 is 7.97 Å². The molecule has 10 heteroatoms. The highest BCUT2D eigenvalue weighted by Gasteiger charge is 2.33. The summed E-state index contributed by atoms with van der Waals surface area (Å²) in [6.45, 7) is 3.53. The zero-order chi connectivity index (χ0) is 21.2. The van der Waals surface area contributed by atoms with Gasteiger partial charge < -0.3 is 14.8 Å². The summed E-state index contributed by atoms with van der Waals surface area (Å²) in [6, 6.07) is 8.09. The van der Waals surface area contributed by atoms with Crippen LogP contribution in [0.3, 0.4) is 0 Å². The molecular weight excluding hydrogens is 607 g/mol. The zero-order valence-electron chi connectivity index (χ0n) is 15.6. The molecule has 0 saturated carbocycles. The van der Waals surface area contributed by atoms with Crippen molar-refractivity contribution in [2.75, 3.05) is 16.8 Å². The zero-order valence-corrected chi connectivity index (χ0v) is 19.9. The number of pyridine rings is 1. The van der Waals surface area contributed by atoms with E-state index >= 15 is 0 Å². The van der Waals surface area contributed by atoms with Crippen molar-refractivity contribution in [2.24, 2.45) is 0 Å². The Kier molecular flexibility index (Phi) is 6.81. The van der Waals surface area contributed by atoms with Gasteiger partial charge in [0.05, 0.1) is 5.69 Å². The van der Waals surface area contributed by atoms with Gasteiger partial charge in [-0.2, -0.15) is 4.39 Å². The second kappa shape index (κ2) is 8.98. The van der Waals surface area contributed by atoms with Gasteiger partial charge in [0.25, 0.3) is 5.91 Å². The molecule has 2 aromatic rings. The topological polar surface area (TPSA) is 80.8 Å². The van der Waals surface area contributed by atoms with Gasteiger partial charge in [-0.1, -0.05) is 6.92 Å². The number of rotatable bonds is 6. The molecule has 7 nitrogen and oxygen atoms in total. The van der Waals surface area contributed by atoms with Crippen molar-refractivity contribution in [3.05, 3.63) is 42.1 Å². The Morgan fingerprint density at radius 2 is 1.97 bits per heavy atom. The number of fused-ring (bicyclic) bond motifs is 1. The molecule has 2 heterocycles. The van der Waals surface area contributed by atoms with Crippen LogP contribution in [0.4, 0.5) is 15.9 Å². The van der Waals surface area contributed by atoms with Gasteiger partial charge in [-0.25, -0.2) is 4.98 Å². The molecule has 0 fully saturated rings. The Morgan fingerprint density at radius 1 is 1.31 bits per heavy atom. The molecule has 29 heavy (non-hydrogen) atoms. The van der Waals surface area contributed by atoms with Gasteiger partial charge in [0.2, 0.25) is 5.91 Å². The number of aryl methyl sites for hydroxylation is 1. The number of anilines is 2. The number of carbonyl (C=O) groups is 2. The number of aromatic nitrogens is 1. The number of ether oxygens (including phenoxy) is 2. The molecule has 1 unspecified atom stereocenters. The van der Waals surface area contributed by atoms with Crippen LogP contribution in [-0.2, 0) is 9.59 Å². The summed E-state index contributed by atoms with van der Waals surface area (Å²) in [7, 11) is 0. The van der Waals surface area contributed by atoms with Crippen molar-refractivity contribution in [1.82, 2.24) is 4.98 Å². The van der Waals surface area contributed by atoms with Crippen LogP contribution in [0.1, 0.15) is 18.9 Å². The first-order valence-electron chi connectivity index (χ1n) is 8.77.